The van der Waals surface area contributed by atoms with E-state index in [0.717, 1.165) is 30.1 Å². The average molecular weight is 216 g/mol. The lowest BCUT2D eigenvalue weighted by atomic mass is 9.79. The molecule has 1 aliphatic carbocycles. The van der Waals surface area contributed by atoms with E-state index < -0.39 is 0 Å². The molecule has 1 heteroatoms. The Kier molecular flexibility index (Phi) is 3.76. The van der Waals surface area contributed by atoms with Gasteiger partial charge >= 0.3 is 0 Å². The Morgan fingerprint density at radius 3 is 2.88 bits per heavy atom. The van der Waals surface area contributed by atoms with E-state index in [1.807, 2.05) is 18.2 Å². The molecule has 1 saturated carbocycles. The zero-order valence-corrected chi connectivity index (χ0v) is 9.99. The smallest absolute Gasteiger partial charge is 0.150 e. The summed E-state index contributed by atoms with van der Waals surface area (Å²) in [5.41, 5.74) is 2.11. The lowest BCUT2D eigenvalue weighted by molar-refractivity contribution is 0.112. The van der Waals surface area contributed by atoms with Gasteiger partial charge in [0.15, 0.2) is 0 Å². The normalized spacial score (nSPS) is 25.3. The molecule has 2 atom stereocenters. The van der Waals surface area contributed by atoms with Crippen molar-refractivity contribution in [1.82, 2.24) is 0 Å². The van der Waals surface area contributed by atoms with E-state index in [1.54, 1.807) is 0 Å². The van der Waals surface area contributed by atoms with Gasteiger partial charge in [0.1, 0.15) is 6.29 Å². The first-order valence-electron chi connectivity index (χ1n) is 6.32. The van der Waals surface area contributed by atoms with Crippen molar-refractivity contribution in [2.75, 3.05) is 0 Å². The first kappa shape index (κ1) is 11.4. The van der Waals surface area contributed by atoms with Crippen LogP contribution in [0.25, 0.3) is 0 Å². The molecular weight excluding hydrogens is 196 g/mol. The lowest BCUT2D eigenvalue weighted by Gasteiger charge is -2.27. The zero-order valence-electron chi connectivity index (χ0n) is 9.99. The maximum Gasteiger partial charge on any atom is 0.150 e. The highest BCUT2D eigenvalue weighted by atomic mass is 16.1. The van der Waals surface area contributed by atoms with Crippen LogP contribution in [0.1, 0.15) is 48.5 Å². The van der Waals surface area contributed by atoms with Gasteiger partial charge < -0.3 is 0 Å². The number of carbonyl (C=O) groups is 1. The molecule has 86 valence electrons. The van der Waals surface area contributed by atoms with Crippen LogP contribution in [0.15, 0.2) is 24.3 Å². The molecule has 2 rings (SSSR count). The molecule has 2 unspecified atom stereocenters. The Morgan fingerprint density at radius 1 is 1.31 bits per heavy atom. The summed E-state index contributed by atoms with van der Waals surface area (Å²) >= 11 is 0. The molecule has 1 nitrogen and oxygen atoms in total. The van der Waals surface area contributed by atoms with Crippen LogP contribution in [0.5, 0.6) is 0 Å². The van der Waals surface area contributed by atoms with Gasteiger partial charge in [-0.05, 0) is 30.2 Å². The van der Waals surface area contributed by atoms with Crippen molar-refractivity contribution in [3.8, 4) is 0 Å². The maximum atomic E-state index is 10.9. The van der Waals surface area contributed by atoms with Gasteiger partial charge in [-0.1, -0.05) is 50.5 Å². The number of hydrogen-bond acceptors (Lipinski definition) is 1. The second-order valence-corrected chi connectivity index (χ2v) is 5.16. The molecule has 0 saturated heterocycles. The summed E-state index contributed by atoms with van der Waals surface area (Å²) in [6.45, 7) is 2.35. The van der Waals surface area contributed by atoms with Crippen LogP contribution in [-0.2, 0) is 6.42 Å². The summed E-state index contributed by atoms with van der Waals surface area (Å²) in [5.74, 6) is 1.65. The predicted octanol–water partition coefficient (Wildman–Crippen LogP) is 3.87. The number of aldehydes is 1. The summed E-state index contributed by atoms with van der Waals surface area (Å²) in [4.78, 5) is 10.9. The third-order valence-corrected chi connectivity index (χ3v) is 3.74. The van der Waals surface area contributed by atoms with Crippen molar-refractivity contribution in [2.45, 2.75) is 39.0 Å². The molecule has 0 amide bonds. The molecule has 0 aromatic heterocycles. The Labute approximate surface area is 97.9 Å². The van der Waals surface area contributed by atoms with Crippen LogP contribution in [-0.4, -0.2) is 6.29 Å². The number of carbonyl (C=O) groups excluding carboxylic acids is 1. The van der Waals surface area contributed by atoms with Gasteiger partial charge in [0.05, 0.1) is 0 Å². The van der Waals surface area contributed by atoms with Crippen molar-refractivity contribution >= 4 is 6.29 Å². The lowest BCUT2D eigenvalue weighted by Crippen LogP contribution is -2.16. The van der Waals surface area contributed by atoms with Gasteiger partial charge in [-0.3, -0.25) is 4.79 Å². The number of hydrogen-bond donors (Lipinski definition) is 0. The third-order valence-electron chi connectivity index (χ3n) is 3.74. The highest BCUT2D eigenvalue weighted by molar-refractivity contribution is 5.77. The molecule has 0 bridgehead atoms. The van der Waals surface area contributed by atoms with Crippen molar-refractivity contribution in [3.63, 3.8) is 0 Å². The Bertz CT molecular complexity index is 356. The van der Waals surface area contributed by atoms with E-state index in [-0.39, 0.29) is 0 Å². The molecule has 0 N–H and O–H groups in total. The summed E-state index contributed by atoms with van der Waals surface area (Å²) in [6, 6.07) is 8.00. The standard InChI is InChI=1S/C15H20O/c1-12-5-4-6-13(9-12)10-14-7-2-3-8-15(14)11-16/h2-3,7-8,11-13H,4-6,9-10H2,1H3. The Hall–Kier alpha value is -1.11. The largest absolute Gasteiger partial charge is 0.298 e. The molecule has 0 aliphatic heterocycles. The summed E-state index contributed by atoms with van der Waals surface area (Å²) in [6.07, 6.45) is 7.46. The fourth-order valence-electron chi connectivity index (χ4n) is 2.89. The monoisotopic (exact) mass is 216 g/mol. The second kappa shape index (κ2) is 5.29. The molecule has 0 spiro atoms. The van der Waals surface area contributed by atoms with Crippen molar-refractivity contribution in [1.29, 1.82) is 0 Å². The van der Waals surface area contributed by atoms with Crippen molar-refractivity contribution < 1.29 is 4.79 Å². The summed E-state index contributed by atoms with van der Waals surface area (Å²) in [7, 11) is 0. The highest BCUT2D eigenvalue weighted by Crippen LogP contribution is 2.31. The van der Waals surface area contributed by atoms with E-state index in [9.17, 15) is 4.79 Å². The SMILES string of the molecule is CC1CCCC(Cc2ccccc2C=O)C1. The quantitative estimate of drug-likeness (QED) is 0.701. The van der Waals surface area contributed by atoms with Gasteiger partial charge in [-0.25, -0.2) is 0 Å². The Balaban J connectivity index is 2.05. The van der Waals surface area contributed by atoms with Gasteiger partial charge in [0.2, 0.25) is 0 Å². The molecule has 1 aromatic carbocycles. The van der Waals surface area contributed by atoms with E-state index in [0.29, 0.717) is 0 Å². The van der Waals surface area contributed by atoms with Crippen LogP contribution in [0.2, 0.25) is 0 Å². The average Bonchev–Trinajstić information content (AvgIpc) is 2.30. The van der Waals surface area contributed by atoms with Crippen LogP contribution in [0, 0.1) is 11.8 Å². The van der Waals surface area contributed by atoms with E-state index in [4.69, 9.17) is 0 Å². The van der Waals surface area contributed by atoms with Gasteiger partial charge in [-0.2, -0.15) is 0 Å². The van der Waals surface area contributed by atoms with E-state index >= 15 is 0 Å². The van der Waals surface area contributed by atoms with Crippen LogP contribution in [0.4, 0.5) is 0 Å². The maximum absolute atomic E-state index is 10.9. The van der Waals surface area contributed by atoms with Crippen LogP contribution < -0.4 is 0 Å². The molecule has 0 radical (unpaired) electrons. The van der Waals surface area contributed by atoms with Crippen molar-refractivity contribution in [2.24, 2.45) is 11.8 Å². The minimum absolute atomic E-state index is 0.782. The molecule has 0 heterocycles. The van der Waals surface area contributed by atoms with E-state index in [2.05, 4.69) is 13.0 Å². The second-order valence-electron chi connectivity index (χ2n) is 5.16. The van der Waals surface area contributed by atoms with Gasteiger partial charge in [0.25, 0.3) is 0 Å². The zero-order chi connectivity index (χ0) is 11.4. The summed E-state index contributed by atoms with van der Waals surface area (Å²) in [5, 5.41) is 0. The minimum atomic E-state index is 0.782. The van der Waals surface area contributed by atoms with Crippen LogP contribution >= 0.6 is 0 Å². The van der Waals surface area contributed by atoms with Gasteiger partial charge in [0, 0.05) is 5.56 Å². The molecular formula is C15H20O. The highest BCUT2D eigenvalue weighted by Gasteiger charge is 2.19. The molecule has 1 fully saturated rings. The molecule has 16 heavy (non-hydrogen) atoms. The van der Waals surface area contributed by atoms with Crippen molar-refractivity contribution in [3.05, 3.63) is 35.4 Å². The third kappa shape index (κ3) is 2.72. The number of rotatable bonds is 3. The predicted molar refractivity (Wildman–Crippen MR) is 66.7 cm³/mol. The fraction of sp³-hybridized carbons (Fsp3) is 0.533. The first-order valence-corrected chi connectivity index (χ1v) is 6.32. The number of benzene rings is 1. The topological polar surface area (TPSA) is 17.1 Å². The molecule has 1 aromatic rings. The first-order chi connectivity index (χ1) is 7.79. The van der Waals surface area contributed by atoms with Crippen LogP contribution in [0.3, 0.4) is 0 Å². The Morgan fingerprint density at radius 2 is 2.12 bits per heavy atom. The van der Waals surface area contributed by atoms with Gasteiger partial charge in [-0.15, -0.1) is 0 Å². The minimum Gasteiger partial charge on any atom is -0.298 e. The molecule has 1 aliphatic rings. The fourth-order valence-corrected chi connectivity index (χ4v) is 2.89. The summed E-state index contributed by atoms with van der Waals surface area (Å²) < 4.78 is 0. The van der Waals surface area contributed by atoms with E-state index in [1.165, 1.54) is 31.2 Å².